The number of carbonyl (C=O) groups is 2. The average Bonchev–Trinajstić information content (AvgIpc) is 3.30. The topological polar surface area (TPSA) is 79.5 Å². The molecule has 6 heteroatoms. The van der Waals surface area contributed by atoms with Crippen LogP contribution in [0.15, 0.2) is 24.3 Å². The largest absolute Gasteiger partial charge is 0.484 e. The Hall–Kier alpha value is -2.08. The van der Waals surface area contributed by atoms with Crippen LogP contribution in [0.5, 0.6) is 5.75 Å². The van der Waals surface area contributed by atoms with Crippen LogP contribution in [0.2, 0.25) is 0 Å². The van der Waals surface area contributed by atoms with E-state index in [1.165, 1.54) is 12.8 Å². The highest BCUT2D eigenvalue weighted by Crippen LogP contribution is 2.27. The highest BCUT2D eigenvalue weighted by atomic mass is 16.5. The number of benzene rings is 1. The number of hydrogen-bond donors (Lipinski definition) is 3. The third-order valence-corrected chi connectivity index (χ3v) is 3.20. The van der Waals surface area contributed by atoms with E-state index >= 15 is 0 Å². The monoisotopic (exact) mass is 291 g/mol. The molecule has 1 aromatic rings. The Bertz CT molecular complexity index is 483. The average molecular weight is 291 g/mol. The summed E-state index contributed by atoms with van der Waals surface area (Å²) in [6.45, 7) is 1.22. The van der Waals surface area contributed by atoms with Crippen molar-refractivity contribution in [2.45, 2.75) is 12.8 Å². The minimum atomic E-state index is -0.186. The third kappa shape index (κ3) is 5.83. The lowest BCUT2D eigenvalue weighted by Gasteiger charge is -2.08. The smallest absolute Gasteiger partial charge is 0.257 e. The van der Waals surface area contributed by atoms with Crippen molar-refractivity contribution in [2.24, 2.45) is 5.92 Å². The van der Waals surface area contributed by atoms with Gasteiger partial charge >= 0.3 is 0 Å². The second kappa shape index (κ2) is 7.64. The fourth-order valence-electron chi connectivity index (χ4n) is 1.77. The maximum atomic E-state index is 11.7. The summed E-state index contributed by atoms with van der Waals surface area (Å²) in [6.07, 6.45) is 2.54. The van der Waals surface area contributed by atoms with Crippen molar-refractivity contribution in [3.63, 3.8) is 0 Å². The van der Waals surface area contributed by atoms with Crippen LogP contribution < -0.4 is 20.7 Å². The molecule has 3 N–H and O–H groups in total. The number of anilines is 1. The zero-order chi connectivity index (χ0) is 15.1. The number of hydrogen-bond acceptors (Lipinski definition) is 4. The van der Waals surface area contributed by atoms with E-state index in [0.29, 0.717) is 18.0 Å². The molecular weight excluding hydrogens is 270 g/mol. The summed E-state index contributed by atoms with van der Waals surface area (Å²) >= 11 is 0. The van der Waals surface area contributed by atoms with Gasteiger partial charge in [0.25, 0.3) is 5.91 Å². The molecule has 0 heterocycles. The van der Waals surface area contributed by atoms with Crippen LogP contribution in [0.25, 0.3) is 0 Å². The van der Waals surface area contributed by atoms with Crippen LogP contribution in [0.4, 0.5) is 5.69 Å². The molecule has 1 aliphatic rings. The van der Waals surface area contributed by atoms with Gasteiger partial charge in [-0.15, -0.1) is 0 Å². The minimum Gasteiger partial charge on any atom is -0.484 e. The molecule has 0 atom stereocenters. The number of carbonyl (C=O) groups excluding carboxylic acids is 2. The van der Waals surface area contributed by atoms with Gasteiger partial charge < -0.3 is 20.7 Å². The van der Waals surface area contributed by atoms with Crippen molar-refractivity contribution in [1.29, 1.82) is 0 Å². The first kappa shape index (κ1) is 15.3. The van der Waals surface area contributed by atoms with E-state index in [2.05, 4.69) is 16.0 Å². The zero-order valence-electron chi connectivity index (χ0n) is 12.1. The third-order valence-electron chi connectivity index (χ3n) is 3.20. The van der Waals surface area contributed by atoms with Gasteiger partial charge in [-0.05, 0) is 49.6 Å². The summed E-state index contributed by atoms with van der Waals surface area (Å²) < 4.78 is 5.28. The standard InChI is InChI=1S/C15H21N3O3/c1-16-15(20)10-21-13-6-4-12(5-7-13)18-14(19)9-17-8-11-2-3-11/h4-7,11,17H,2-3,8-10H2,1H3,(H,16,20)(H,18,19). The Balaban J connectivity index is 1.70. The molecule has 0 radical (unpaired) electrons. The van der Waals surface area contributed by atoms with Gasteiger partial charge in [-0.25, -0.2) is 0 Å². The molecule has 2 rings (SSSR count). The van der Waals surface area contributed by atoms with Crippen molar-refractivity contribution in [3.05, 3.63) is 24.3 Å². The van der Waals surface area contributed by atoms with Crippen LogP contribution in [0, 0.1) is 5.92 Å². The van der Waals surface area contributed by atoms with Gasteiger partial charge in [0, 0.05) is 12.7 Å². The molecule has 0 unspecified atom stereocenters. The summed E-state index contributed by atoms with van der Waals surface area (Å²) in [5, 5.41) is 8.42. The Kier molecular flexibility index (Phi) is 5.57. The van der Waals surface area contributed by atoms with Crippen LogP contribution in [0.1, 0.15) is 12.8 Å². The predicted molar refractivity (Wildman–Crippen MR) is 80.2 cm³/mol. The van der Waals surface area contributed by atoms with Gasteiger partial charge in [0.15, 0.2) is 6.61 Å². The Morgan fingerprint density at radius 2 is 1.90 bits per heavy atom. The van der Waals surface area contributed by atoms with Crippen molar-refractivity contribution in [2.75, 3.05) is 32.1 Å². The first-order chi connectivity index (χ1) is 10.2. The Morgan fingerprint density at radius 1 is 1.19 bits per heavy atom. The highest BCUT2D eigenvalue weighted by molar-refractivity contribution is 5.92. The first-order valence-corrected chi connectivity index (χ1v) is 7.11. The summed E-state index contributed by atoms with van der Waals surface area (Å²) in [5.74, 6) is 1.10. The lowest BCUT2D eigenvalue weighted by atomic mass is 10.3. The van der Waals surface area contributed by atoms with Crippen molar-refractivity contribution in [1.82, 2.24) is 10.6 Å². The van der Waals surface area contributed by atoms with E-state index in [-0.39, 0.29) is 18.4 Å². The van der Waals surface area contributed by atoms with Gasteiger partial charge in [0.2, 0.25) is 5.91 Å². The van der Waals surface area contributed by atoms with Gasteiger partial charge in [-0.2, -0.15) is 0 Å². The number of amides is 2. The van der Waals surface area contributed by atoms with E-state index in [4.69, 9.17) is 4.74 Å². The van der Waals surface area contributed by atoms with E-state index in [9.17, 15) is 9.59 Å². The van der Waals surface area contributed by atoms with Crippen molar-refractivity contribution < 1.29 is 14.3 Å². The molecule has 2 amide bonds. The molecule has 1 aliphatic carbocycles. The lowest BCUT2D eigenvalue weighted by Crippen LogP contribution is -2.29. The highest BCUT2D eigenvalue weighted by Gasteiger charge is 2.20. The summed E-state index contributed by atoms with van der Waals surface area (Å²) in [7, 11) is 1.56. The van der Waals surface area contributed by atoms with Gasteiger partial charge in [-0.3, -0.25) is 9.59 Å². The molecule has 0 aliphatic heterocycles. The Morgan fingerprint density at radius 3 is 2.52 bits per heavy atom. The number of likely N-dealkylation sites (N-methyl/N-ethyl adjacent to an activating group) is 1. The van der Waals surface area contributed by atoms with E-state index in [1.807, 2.05) is 0 Å². The molecule has 6 nitrogen and oxygen atoms in total. The molecule has 1 fully saturated rings. The predicted octanol–water partition coefficient (Wildman–Crippen LogP) is 0.749. The molecule has 21 heavy (non-hydrogen) atoms. The van der Waals surface area contributed by atoms with Crippen LogP contribution >= 0.6 is 0 Å². The maximum absolute atomic E-state index is 11.7. The van der Waals surface area contributed by atoms with E-state index < -0.39 is 0 Å². The summed E-state index contributed by atoms with van der Waals surface area (Å²) in [6, 6.07) is 6.93. The van der Waals surface area contributed by atoms with Crippen LogP contribution in [0.3, 0.4) is 0 Å². The number of ether oxygens (including phenoxy) is 1. The molecule has 0 aromatic heterocycles. The fourth-order valence-corrected chi connectivity index (χ4v) is 1.77. The summed E-state index contributed by atoms with van der Waals surface area (Å²) in [5.41, 5.74) is 0.709. The van der Waals surface area contributed by atoms with Crippen molar-refractivity contribution in [3.8, 4) is 5.75 Å². The number of nitrogens with one attached hydrogen (secondary N) is 3. The minimum absolute atomic E-state index is 0.0205. The lowest BCUT2D eigenvalue weighted by molar-refractivity contribution is -0.122. The zero-order valence-corrected chi connectivity index (χ0v) is 12.1. The number of rotatable bonds is 8. The molecule has 0 saturated heterocycles. The normalized spacial score (nSPS) is 13.6. The Labute approximate surface area is 124 Å². The maximum Gasteiger partial charge on any atom is 0.257 e. The molecule has 1 saturated carbocycles. The fraction of sp³-hybridized carbons (Fsp3) is 0.467. The molecular formula is C15H21N3O3. The molecule has 114 valence electrons. The van der Waals surface area contributed by atoms with Crippen molar-refractivity contribution >= 4 is 17.5 Å². The van der Waals surface area contributed by atoms with Crippen LogP contribution in [-0.4, -0.2) is 38.6 Å². The summed E-state index contributed by atoms with van der Waals surface area (Å²) in [4.78, 5) is 22.7. The second-order valence-electron chi connectivity index (χ2n) is 5.11. The first-order valence-electron chi connectivity index (χ1n) is 7.11. The molecule has 0 bridgehead atoms. The van der Waals surface area contributed by atoms with Gasteiger partial charge in [0.05, 0.1) is 6.54 Å². The quantitative estimate of drug-likeness (QED) is 0.660. The van der Waals surface area contributed by atoms with E-state index in [1.54, 1.807) is 31.3 Å². The second-order valence-corrected chi connectivity index (χ2v) is 5.11. The van der Waals surface area contributed by atoms with Crippen LogP contribution in [-0.2, 0) is 9.59 Å². The molecule has 0 spiro atoms. The van der Waals surface area contributed by atoms with Gasteiger partial charge in [-0.1, -0.05) is 0 Å². The SMILES string of the molecule is CNC(=O)COc1ccc(NC(=O)CNCC2CC2)cc1. The van der Waals surface area contributed by atoms with Gasteiger partial charge in [0.1, 0.15) is 5.75 Å². The molecule has 1 aromatic carbocycles. The van der Waals surface area contributed by atoms with E-state index in [0.717, 1.165) is 12.5 Å².